The van der Waals surface area contributed by atoms with Crippen LogP contribution in [0.3, 0.4) is 0 Å². The van der Waals surface area contributed by atoms with Crippen LogP contribution in [0.25, 0.3) is 0 Å². The van der Waals surface area contributed by atoms with Gasteiger partial charge in [0.05, 0.1) is 7.11 Å². The quantitative estimate of drug-likeness (QED) is 0.805. The van der Waals surface area contributed by atoms with E-state index >= 15 is 0 Å². The van der Waals surface area contributed by atoms with Crippen molar-refractivity contribution in [2.45, 2.75) is 20.3 Å². The third-order valence-corrected chi connectivity index (χ3v) is 2.55. The van der Waals surface area contributed by atoms with Gasteiger partial charge in [-0.3, -0.25) is 14.4 Å². The molecule has 0 bridgehead atoms. The molecule has 0 aliphatic heterocycles. The van der Waals surface area contributed by atoms with E-state index in [1.807, 2.05) is 24.3 Å². The van der Waals surface area contributed by atoms with Crippen LogP contribution in [0, 0.1) is 0 Å². The summed E-state index contributed by atoms with van der Waals surface area (Å²) in [6, 6.07) is 7.79. The Morgan fingerprint density at radius 2 is 1.94 bits per heavy atom. The minimum atomic E-state index is -0.0949. The summed E-state index contributed by atoms with van der Waals surface area (Å²) in [6.45, 7) is 3.03. The van der Waals surface area contributed by atoms with E-state index in [2.05, 4.69) is 20.8 Å². The van der Waals surface area contributed by atoms with E-state index in [1.165, 1.54) is 14.0 Å². The molecule has 1 aromatic carbocycles. The Kier molecular flexibility index (Phi) is 8.24. The van der Waals surface area contributed by atoms with Gasteiger partial charge in [0.2, 0.25) is 5.91 Å². The molecule has 0 N–H and O–H groups in total. The average Bonchev–Trinajstić information content (AvgIpc) is 2.27. The molecule has 100 valence electrons. The van der Waals surface area contributed by atoms with Crippen molar-refractivity contribution >= 4 is 27.6 Å². The van der Waals surface area contributed by atoms with Crippen molar-refractivity contribution in [3.8, 4) is 0 Å². The van der Waals surface area contributed by atoms with E-state index in [0.29, 0.717) is 6.42 Å². The maximum atomic E-state index is 10.7. The fourth-order valence-corrected chi connectivity index (χ4v) is 1.51. The maximum absolute atomic E-state index is 10.7. The molecular formula is C13H18BrNO3. The first-order valence-corrected chi connectivity index (χ1v) is 6.18. The normalized spacial score (nSPS) is 9.17. The standard InChI is InChI=1S/C9H9BrO.C4H9NO2/c1-7(11)5-8-3-2-4-9(10)6-8;1-4(6)5(2)7-3/h2-4,6H,5H2,1H3;1-3H3. The Balaban J connectivity index is 0.000000360. The second kappa shape index (κ2) is 8.83. The average molecular weight is 316 g/mol. The summed E-state index contributed by atoms with van der Waals surface area (Å²) in [4.78, 5) is 25.4. The van der Waals surface area contributed by atoms with Crippen molar-refractivity contribution in [1.29, 1.82) is 0 Å². The van der Waals surface area contributed by atoms with Crippen LogP contribution >= 0.6 is 15.9 Å². The van der Waals surface area contributed by atoms with E-state index in [4.69, 9.17) is 0 Å². The van der Waals surface area contributed by atoms with Gasteiger partial charge in [0.15, 0.2) is 0 Å². The summed E-state index contributed by atoms with van der Waals surface area (Å²) >= 11 is 3.34. The molecule has 1 rings (SSSR count). The number of hydroxylamine groups is 2. The minimum absolute atomic E-state index is 0.0949. The van der Waals surface area contributed by atoms with Gasteiger partial charge < -0.3 is 0 Å². The van der Waals surface area contributed by atoms with Crippen LogP contribution in [-0.2, 0) is 20.8 Å². The molecule has 0 spiro atoms. The zero-order valence-electron chi connectivity index (χ0n) is 11.1. The monoisotopic (exact) mass is 315 g/mol. The Morgan fingerprint density at radius 3 is 2.28 bits per heavy atom. The molecular weight excluding hydrogens is 298 g/mol. The molecule has 0 fully saturated rings. The third kappa shape index (κ3) is 7.97. The molecule has 0 aliphatic carbocycles. The van der Waals surface area contributed by atoms with Crippen LogP contribution in [0.2, 0.25) is 0 Å². The molecule has 18 heavy (non-hydrogen) atoms. The second-order valence-electron chi connectivity index (χ2n) is 3.71. The molecule has 1 amide bonds. The van der Waals surface area contributed by atoms with Crippen LogP contribution in [0.5, 0.6) is 0 Å². The highest BCUT2D eigenvalue weighted by Crippen LogP contribution is 2.11. The summed E-state index contributed by atoms with van der Waals surface area (Å²) in [5.41, 5.74) is 1.06. The van der Waals surface area contributed by atoms with Gasteiger partial charge >= 0.3 is 0 Å². The number of carbonyl (C=O) groups is 2. The number of hydrogen-bond acceptors (Lipinski definition) is 3. The first kappa shape index (κ1) is 16.8. The highest BCUT2D eigenvalue weighted by Gasteiger charge is 1.96. The van der Waals surface area contributed by atoms with Gasteiger partial charge in [-0.05, 0) is 24.6 Å². The number of halogens is 1. The first-order chi connectivity index (χ1) is 8.36. The lowest BCUT2D eigenvalue weighted by Gasteiger charge is -2.08. The minimum Gasteiger partial charge on any atom is -0.300 e. The van der Waals surface area contributed by atoms with Crippen molar-refractivity contribution in [3.05, 3.63) is 34.3 Å². The molecule has 0 heterocycles. The van der Waals surface area contributed by atoms with Crippen molar-refractivity contribution in [1.82, 2.24) is 5.06 Å². The van der Waals surface area contributed by atoms with E-state index in [1.54, 1.807) is 14.0 Å². The van der Waals surface area contributed by atoms with Gasteiger partial charge in [0, 0.05) is 24.9 Å². The number of amides is 1. The maximum Gasteiger partial charge on any atom is 0.242 e. The molecule has 0 unspecified atom stereocenters. The van der Waals surface area contributed by atoms with Gasteiger partial charge in [0.25, 0.3) is 0 Å². The number of carbonyl (C=O) groups excluding carboxylic acids is 2. The fraction of sp³-hybridized carbons (Fsp3) is 0.385. The molecule has 0 saturated carbocycles. The Labute approximate surface area is 116 Å². The van der Waals surface area contributed by atoms with Gasteiger partial charge in [-0.1, -0.05) is 28.1 Å². The molecule has 0 radical (unpaired) electrons. The summed E-state index contributed by atoms with van der Waals surface area (Å²) in [5, 5.41) is 1.15. The largest absolute Gasteiger partial charge is 0.300 e. The van der Waals surface area contributed by atoms with E-state index in [0.717, 1.165) is 15.1 Å². The molecule has 0 saturated heterocycles. The highest BCUT2D eigenvalue weighted by molar-refractivity contribution is 9.10. The van der Waals surface area contributed by atoms with Crippen LogP contribution in [-0.4, -0.2) is 30.9 Å². The van der Waals surface area contributed by atoms with Crippen LogP contribution in [0.4, 0.5) is 0 Å². The molecule has 0 aliphatic rings. The molecule has 4 nitrogen and oxygen atoms in total. The summed E-state index contributed by atoms with van der Waals surface area (Å²) in [6.07, 6.45) is 0.527. The number of benzene rings is 1. The van der Waals surface area contributed by atoms with Gasteiger partial charge in [-0.2, -0.15) is 0 Å². The molecule has 0 aromatic heterocycles. The molecule has 1 aromatic rings. The lowest BCUT2D eigenvalue weighted by molar-refractivity contribution is -0.165. The smallest absolute Gasteiger partial charge is 0.242 e. The Hall–Kier alpha value is -1.20. The number of ketones is 1. The topological polar surface area (TPSA) is 46.6 Å². The van der Waals surface area contributed by atoms with E-state index in [9.17, 15) is 9.59 Å². The van der Waals surface area contributed by atoms with Crippen molar-refractivity contribution in [3.63, 3.8) is 0 Å². The van der Waals surface area contributed by atoms with Crippen molar-refractivity contribution in [2.24, 2.45) is 0 Å². The zero-order chi connectivity index (χ0) is 14.1. The predicted molar refractivity (Wildman–Crippen MR) is 74.0 cm³/mol. The second-order valence-corrected chi connectivity index (χ2v) is 4.62. The summed E-state index contributed by atoms with van der Waals surface area (Å²) < 4.78 is 1.02. The van der Waals surface area contributed by atoms with Gasteiger partial charge in [0.1, 0.15) is 5.78 Å². The predicted octanol–water partition coefficient (Wildman–Crippen LogP) is 2.61. The Bertz CT molecular complexity index is 407. The first-order valence-electron chi connectivity index (χ1n) is 5.39. The third-order valence-electron chi connectivity index (χ3n) is 2.06. The van der Waals surface area contributed by atoms with E-state index < -0.39 is 0 Å². The van der Waals surface area contributed by atoms with Crippen LogP contribution in [0.1, 0.15) is 19.4 Å². The lowest BCUT2D eigenvalue weighted by atomic mass is 10.1. The number of rotatable bonds is 3. The van der Waals surface area contributed by atoms with Crippen molar-refractivity contribution < 1.29 is 14.4 Å². The van der Waals surface area contributed by atoms with Crippen molar-refractivity contribution in [2.75, 3.05) is 14.2 Å². The molecule has 0 atom stereocenters. The highest BCUT2D eigenvalue weighted by atomic mass is 79.9. The molecule has 5 heteroatoms. The Morgan fingerprint density at radius 1 is 1.33 bits per heavy atom. The van der Waals surface area contributed by atoms with Gasteiger partial charge in [-0.15, -0.1) is 0 Å². The summed E-state index contributed by atoms with van der Waals surface area (Å²) in [7, 11) is 3.00. The zero-order valence-corrected chi connectivity index (χ0v) is 12.7. The summed E-state index contributed by atoms with van der Waals surface area (Å²) in [5.74, 6) is 0.102. The number of Topliss-reactive ketones (excluding diaryl/α,β-unsaturated/α-hetero) is 1. The van der Waals surface area contributed by atoms with Crippen LogP contribution in [0.15, 0.2) is 28.7 Å². The van der Waals surface area contributed by atoms with Crippen LogP contribution < -0.4 is 0 Å². The van der Waals surface area contributed by atoms with E-state index in [-0.39, 0.29) is 11.7 Å². The lowest BCUT2D eigenvalue weighted by Crippen LogP contribution is -2.21. The fourth-order valence-electron chi connectivity index (χ4n) is 1.06. The number of hydrogen-bond donors (Lipinski definition) is 0. The van der Waals surface area contributed by atoms with Gasteiger partial charge in [-0.25, -0.2) is 5.06 Å². The SMILES string of the molecule is CC(=O)Cc1cccc(Br)c1.CON(C)C(C)=O. The number of nitrogens with zero attached hydrogens (tertiary/aromatic N) is 1.